The molecule has 0 atom stereocenters. The molecule has 0 aliphatic rings. The lowest BCUT2D eigenvalue weighted by Crippen LogP contribution is -2.31. The Bertz CT molecular complexity index is 267. The Labute approximate surface area is 85.6 Å². The van der Waals surface area contributed by atoms with Crippen LogP contribution in [0, 0.1) is 0 Å². The molecular formula is C7H14BF4N3. The number of nitrogens with zero attached hydrogens (tertiary/aromatic N) is 2. The van der Waals surface area contributed by atoms with Gasteiger partial charge in [0.1, 0.15) is 12.4 Å². The van der Waals surface area contributed by atoms with Crippen LogP contribution in [-0.2, 0) is 13.6 Å². The number of hydrogen-bond acceptors (Lipinski definition) is 1. The van der Waals surface area contributed by atoms with Crippen molar-refractivity contribution in [3.05, 3.63) is 18.7 Å². The van der Waals surface area contributed by atoms with Crippen LogP contribution in [0.15, 0.2) is 18.7 Å². The predicted octanol–water partition coefficient (Wildman–Crippen LogP) is 0.961. The van der Waals surface area contributed by atoms with E-state index in [-0.39, 0.29) is 0 Å². The van der Waals surface area contributed by atoms with E-state index in [2.05, 4.69) is 17.1 Å². The summed E-state index contributed by atoms with van der Waals surface area (Å²) in [5, 5.41) is 0. The zero-order chi connectivity index (χ0) is 11.9. The molecule has 0 fully saturated rings. The monoisotopic (exact) mass is 227 g/mol. The molecule has 0 saturated carbocycles. The first-order chi connectivity index (χ1) is 6.83. The van der Waals surface area contributed by atoms with E-state index < -0.39 is 7.25 Å². The van der Waals surface area contributed by atoms with Gasteiger partial charge in [-0.3, -0.25) is 0 Å². The summed E-state index contributed by atoms with van der Waals surface area (Å²) < 4.78 is 43.2. The third-order valence-electron chi connectivity index (χ3n) is 1.44. The van der Waals surface area contributed by atoms with Crippen LogP contribution in [0.25, 0.3) is 0 Å². The van der Waals surface area contributed by atoms with Gasteiger partial charge in [-0.05, 0) is 13.0 Å². The Morgan fingerprint density at radius 1 is 1.33 bits per heavy atom. The Balaban J connectivity index is 0.000000336. The summed E-state index contributed by atoms with van der Waals surface area (Å²) in [6.45, 7) is 1.79. The van der Waals surface area contributed by atoms with Gasteiger partial charge in [0.25, 0.3) is 0 Å². The zero-order valence-corrected chi connectivity index (χ0v) is 8.41. The minimum absolute atomic E-state index is 0.766. The lowest BCUT2D eigenvalue weighted by Gasteiger charge is -1.94. The summed E-state index contributed by atoms with van der Waals surface area (Å²) in [5.74, 6) is 0. The van der Waals surface area contributed by atoms with Crippen LogP contribution in [0.2, 0.25) is 0 Å². The largest absolute Gasteiger partial charge is 0.673 e. The Hall–Kier alpha value is -1.05. The summed E-state index contributed by atoms with van der Waals surface area (Å²) in [6, 6.07) is 0. The Kier molecular flexibility index (Phi) is 5.99. The van der Waals surface area contributed by atoms with Crippen LogP contribution in [0.3, 0.4) is 0 Å². The molecule has 0 amide bonds. The number of halogens is 4. The molecule has 1 aromatic heterocycles. The average molecular weight is 227 g/mol. The van der Waals surface area contributed by atoms with Crippen LogP contribution < -0.4 is 10.3 Å². The summed E-state index contributed by atoms with van der Waals surface area (Å²) in [4.78, 5) is 0. The lowest BCUT2D eigenvalue weighted by molar-refractivity contribution is -0.696. The van der Waals surface area contributed by atoms with E-state index in [1.165, 1.54) is 0 Å². The van der Waals surface area contributed by atoms with Gasteiger partial charge < -0.3 is 23.0 Å². The molecule has 1 aromatic rings. The number of rotatable bonds is 3. The number of aryl methyl sites for hydroxylation is 2. The van der Waals surface area contributed by atoms with E-state index in [1.54, 1.807) is 0 Å². The van der Waals surface area contributed by atoms with E-state index in [0.717, 1.165) is 19.5 Å². The molecule has 0 aliphatic carbocycles. The van der Waals surface area contributed by atoms with E-state index in [4.69, 9.17) is 5.73 Å². The quantitative estimate of drug-likeness (QED) is 0.466. The highest BCUT2D eigenvalue weighted by Crippen LogP contribution is 2.06. The van der Waals surface area contributed by atoms with Gasteiger partial charge in [-0.1, -0.05) is 0 Å². The zero-order valence-electron chi connectivity index (χ0n) is 8.41. The maximum atomic E-state index is 9.75. The third-order valence-corrected chi connectivity index (χ3v) is 1.44. The first kappa shape index (κ1) is 14.0. The average Bonchev–Trinajstić information content (AvgIpc) is 2.45. The summed E-state index contributed by atoms with van der Waals surface area (Å²) >= 11 is 0. The summed E-state index contributed by atoms with van der Waals surface area (Å²) in [6.07, 6.45) is 7.18. The first-order valence-corrected chi connectivity index (χ1v) is 4.41. The topological polar surface area (TPSA) is 34.8 Å². The van der Waals surface area contributed by atoms with Crippen molar-refractivity contribution in [3.8, 4) is 0 Å². The highest BCUT2D eigenvalue weighted by molar-refractivity contribution is 6.50. The van der Waals surface area contributed by atoms with E-state index >= 15 is 0 Å². The molecule has 1 heterocycles. The van der Waals surface area contributed by atoms with Crippen molar-refractivity contribution in [2.24, 2.45) is 12.8 Å². The van der Waals surface area contributed by atoms with Crippen molar-refractivity contribution >= 4 is 7.25 Å². The Morgan fingerprint density at radius 2 is 1.87 bits per heavy atom. The highest BCUT2D eigenvalue weighted by Gasteiger charge is 2.20. The smallest absolute Gasteiger partial charge is 0.418 e. The van der Waals surface area contributed by atoms with E-state index in [9.17, 15) is 17.3 Å². The summed E-state index contributed by atoms with van der Waals surface area (Å²) in [5.41, 5.74) is 5.36. The van der Waals surface area contributed by atoms with Gasteiger partial charge in [-0.2, -0.15) is 0 Å². The van der Waals surface area contributed by atoms with Crippen molar-refractivity contribution in [3.63, 3.8) is 0 Å². The molecule has 3 nitrogen and oxygen atoms in total. The van der Waals surface area contributed by atoms with Crippen molar-refractivity contribution in [2.45, 2.75) is 13.0 Å². The van der Waals surface area contributed by atoms with E-state index in [0.29, 0.717) is 0 Å². The molecule has 0 spiro atoms. The fourth-order valence-electron chi connectivity index (χ4n) is 0.908. The van der Waals surface area contributed by atoms with Crippen molar-refractivity contribution in [2.75, 3.05) is 6.54 Å². The molecule has 0 radical (unpaired) electrons. The maximum absolute atomic E-state index is 9.75. The molecule has 2 N–H and O–H groups in total. The number of aromatic nitrogens is 2. The molecule has 1 rings (SSSR count). The SMILES string of the molecule is Cn1cc[n+](CCCN)c1.F[B-](F)(F)F. The second-order valence-electron chi connectivity index (χ2n) is 2.95. The molecule has 8 heteroatoms. The van der Waals surface area contributed by atoms with Crippen molar-refractivity contribution in [1.29, 1.82) is 0 Å². The summed E-state index contributed by atoms with van der Waals surface area (Å²) in [7, 11) is -3.99. The van der Waals surface area contributed by atoms with E-state index in [1.807, 2.05) is 17.8 Å². The van der Waals surface area contributed by atoms with Gasteiger partial charge in [0.05, 0.1) is 13.6 Å². The maximum Gasteiger partial charge on any atom is 0.673 e. The third kappa shape index (κ3) is 10.9. The van der Waals surface area contributed by atoms with Gasteiger partial charge in [0.15, 0.2) is 0 Å². The van der Waals surface area contributed by atoms with Crippen LogP contribution in [0.5, 0.6) is 0 Å². The van der Waals surface area contributed by atoms with Crippen LogP contribution in [0.1, 0.15) is 6.42 Å². The molecule has 0 unspecified atom stereocenters. The molecule has 0 saturated heterocycles. The minimum atomic E-state index is -6.00. The molecule has 15 heavy (non-hydrogen) atoms. The Morgan fingerprint density at radius 3 is 2.20 bits per heavy atom. The standard InChI is InChI=1S/C7H14N3.BF4/c1-9-5-6-10(7-9)4-2-3-8;2-1(3,4)5/h5-7H,2-4,8H2,1H3;/q+1;-1. The minimum Gasteiger partial charge on any atom is -0.418 e. The van der Waals surface area contributed by atoms with Gasteiger partial charge >= 0.3 is 7.25 Å². The fourth-order valence-corrected chi connectivity index (χ4v) is 0.908. The van der Waals surface area contributed by atoms with Crippen LogP contribution in [-0.4, -0.2) is 18.4 Å². The second kappa shape index (κ2) is 6.44. The first-order valence-electron chi connectivity index (χ1n) is 4.41. The number of hydrogen-bond donors (Lipinski definition) is 1. The van der Waals surface area contributed by atoms with Crippen molar-refractivity contribution < 1.29 is 21.8 Å². The molecule has 0 aromatic carbocycles. The predicted molar refractivity (Wildman–Crippen MR) is 49.5 cm³/mol. The van der Waals surface area contributed by atoms with Gasteiger partial charge in [0, 0.05) is 0 Å². The van der Waals surface area contributed by atoms with Gasteiger partial charge in [-0.15, -0.1) is 0 Å². The van der Waals surface area contributed by atoms with Gasteiger partial charge in [-0.25, -0.2) is 9.13 Å². The lowest BCUT2D eigenvalue weighted by atomic mass is 10.3. The van der Waals surface area contributed by atoms with Crippen LogP contribution in [0.4, 0.5) is 17.3 Å². The van der Waals surface area contributed by atoms with Gasteiger partial charge in [0.2, 0.25) is 6.33 Å². The van der Waals surface area contributed by atoms with Crippen molar-refractivity contribution in [1.82, 2.24) is 4.57 Å². The normalized spacial score (nSPS) is 10.8. The fraction of sp³-hybridized carbons (Fsp3) is 0.571. The molecular weight excluding hydrogens is 213 g/mol. The molecule has 88 valence electrons. The molecule has 0 aliphatic heterocycles. The van der Waals surface area contributed by atoms with Crippen LogP contribution >= 0.6 is 0 Å². The second-order valence-corrected chi connectivity index (χ2v) is 2.95. The highest BCUT2D eigenvalue weighted by atomic mass is 19.5. The number of nitrogens with two attached hydrogens (primary N) is 1. The molecule has 0 bridgehead atoms. The number of imidazole rings is 1.